The third-order valence-corrected chi connectivity index (χ3v) is 6.43. The van der Waals surface area contributed by atoms with Crippen molar-refractivity contribution in [3.05, 3.63) is 66.6 Å². The summed E-state index contributed by atoms with van der Waals surface area (Å²) in [6, 6.07) is 13.6. The number of nitrogens with zero attached hydrogens (tertiary/aromatic N) is 4. The van der Waals surface area contributed by atoms with Crippen LogP contribution >= 0.6 is 0 Å². The molecule has 4 heterocycles. The molecule has 3 aromatic rings. The summed E-state index contributed by atoms with van der Waals surface area (Å²) in [5.41, 5.74) is 1.40. The Hall–Kier alpha value is -3.39. The predicted molar refractivity (Wildman–Crippen MR) is 124 cm³/mol. The molecule has 2 amide bonds. The van der Waals surface area contributed by atoms with Crippen LogP contribution in [0.25, 0.3) is 11.5 Å². The molecule has 1 aromatic carbocycles. The van der Waals surface area contributed by atoms with Crippen molar-refractivity contribution in [3.8, 4) is 11.5 Å². The molecule has 0 spiro atoms. The first kappa shape index (κ1) is 21.5. The number of nitrogens with one attached hydrogen (secondary N) is 1. The Balaban J connectivity index is 1.34. The lowest BCUT2D eigenvalue weighted by Gasteiger charge is -2.32. The van der Waals surface area contributed by atoms with Crippen molar-refractivity contribution >= 4 is 11.8 Å². The zero-order valence-electron chi connectivity index (χ0n) is 18.6. The molecule has 0 saturated carbocycles. The van der Waals surface area contributed by atoms with Gasteiger partial charge in [-0.2, -0.15) is 5.10 Å². The van der Waals surface area contributed by atoms with Crippen molar-refractivity contribution < 1.29 is 14.3 Å². The van der Waals surface area contributed by atoms with Crippen molar-refractivity contribution in [1.82, 2.24) is 24.6 Å². The number of carbonyl (C=O) groups is 2. The lowest BCUT2D eigenvalue weighted by molar-refractivity contribution is -0.126. The molecule has 2 unspecified atom stereocenters. The van der Waals surface area contributed by atoms with Crippen LogP contribution in [-0.2, 0) is 9.53 Å². The Bertz CT molecular complexity index is 1090. The molecule has 1 N–H and O–H groups in total. The zero-order chi connectivity index (χ0) is 22.6. The Morgan fingerprint density at radius 2 is 1.88 bits per heavy atom. The molecule has 8 heteroatoms. The van der Waals surface area contributed by atoms with Crippen molar-refractivity contribution in [2.45, 2.75) is 31.8 Å². The van der Waals surface area contributed by atoms with Gasteiger partial charge in [0.1, 0.15) is 5.56 Å². The normalized spacial score (nSPS) is 20.7. The van der Waals surface area contributed by atoms with Crippen molar-refractivity contribution in [1.29, 1.82) is 0 Å². The van der Waals surface area contributed by atoms with Gasteiger partial charge >= 0.3 is 0 Å². The van der Waals surface area contributed by atoms with E-state index in [-0.39, 0.29) is 23.8 Å². The maximum absolute atomic E-state index is 13.6. The maximum Gasteiger partial charge on any atom is 0.259 e. The van der Waals surface area contributed by atoms with Crippen LogP contribution in [0.15, 0.2) is 61.1 Å². The molecule has 2 aliphatic heterocycles. The minimum Gasteiger partial charge on any atom is -0.376 e. The molecular weight excluding hydrogens is 418 g/mol. The summed E-state index contributed by atoms with van der Waals surface area (Å²) < 4.78 is 9.29. The second kappa shape index (κ2) is 9.62. The van der Waals surface area contributed by atoms with Gasteiger partial charge in [0.2, 0.25) is 5.91 Å². The van der Waals surface area contributed by atoms with E-state index in [4.69, 9.17) is 4.74 Å². The molecule has 2 aromatic heterocycles. The number of rotatable bonds is 6. The van der Waals surface area contributed by atoms with E-state index < -0.39 is 0 Å². The number of carbonyl (C=O) groups excluding carboxylic acids is 2. The minimum absolute atomic E-state index is 0.00798. The van der Waals surface area contributed by atoms with Gasteiger partial charge in [-0.05, 0) is 49.9 Å². The molecule has 8 nitrogen and oxygen atoms in total. The van der Waals surface area contributed by atoms with Crippen LogP contribution in [0, 0.1) is 5.92 Å². The molecule has 2 atom stereocenters. The van der Waals surface area contributed by atoms with E-state index in [1.165, 1.54) is 0 Å². The van der Waals surface area contributed by atoms with E-state index in [0.717, 1.165) is 38.0 Å². The number of piperidine rings is 1. The molecule has 172 valence electrons. The van der Waals surface area contributed by atoms with Gasteiger partial charge in [-0.25, -0.2) is 4.68 Å². The van der Waals surface area contributed by atoms with E-state index in [1.807, 2.05) is 59.4 Å². The predicted octanol–water partition coefficient (Wildman–Crippen LogP) is 2.81. The number of likely N-dealkylation sites (tertiary alicyclic amines) is 1. The summed E-state index contributed by atoms with van der Waals surface area (Å²) in [5, 5.41) is 7.57. The van der Waals surface area contributed by atoms with Gasteiger partial charge in [-0.1, -0.05) is 18.2 Å². The highest BCUT2D eigenvalue weighted by molar-refractivity contribution is 5.97. The molecule has 5 rings (SSSR count). The second-order valence-corrected chi connectivity index (χ2v) is 8.69. The number of hydrogen-bond donors (Lipinski definition) is 1. The molecule has 2 fully saturated rings. The van der Waals surface area contributed by atoms with Gasteiger partial charge in [0, 0.05) is 38.6 Å². The van der Waals surface area contributed by atoms with E-state index in [1.54, 1.807) is 15.8 Å². The third-order valence-electron chi connectivity index (χ3n) is 6.43. The third kappa shape index (κ3) is 4.57. The average Bonchev–Trinajstić information content (AvgIpc) is 3.64. The molecule has 0 bridgehead atoms. The molecular formula is C25H29N5O3. The number of hydrogen-bond acceptors (Lipinski definition) is 4. The van der Waals surface area contributed by atoms with Crippen LogP contribution in [-0.4, -0.2) is 63.4 Å². The van der Waals surface area contributed by atoms with Crippen LogP contribution in [0.4, 0.5) is 0 Å². The number of aromatic nitrogens is 3. The lowest BCUT2D eigenvalue weighted by atomic mass is 9.96. The quantitative estimate of drug-likeness (QED) is 0.630. The monoisotopic (exact) mass is 447 g/mol. The van der Waals surface area contributed by atoms with Gasteiger partial charge in [0.05, 0.1) is 23.9 Å². The minimum atomic E-state index is -0.205. The van der Waals surface area contributed by atoms with Crippen molar-refractivity contribution in [3.63, 3.8) is 0 Å². The highest BCUT2D eigenvalue weighted by Gasteiger charge is 2.32. The zero-order valence-corrected chi connectivity index (χ0v) is 18.6. The Morgan fingerprint density at radius 1 is 1.06 bits per heavy atom. The summed E-state index contributed by atoms with van der Waals surface area (Å²) in [6.45, 7) is 2.37. The van der Waals surface area contributed by atoms with Gasteiger partial charge in [-0.15, -0.1) is 0 Å². The van der Waals surface area contributed by atoms with Crippen LogP contribution in [0.5, 0.6) is 0 Å². The molecule has 2 aliphatic rings. The van der Waals surface area contributed by atoms with Crippen LogP contribution in [0.2, 0.25) is 0 Å². The summed E-state index contributed by atoms with van der Waals surface area (Å²) in [4.78, 5) is 28.2. The standard InChI is InChI=1S/C25H29N5O3/c31-23(26-16-21-11-7-15-33-21)19-8-6-14-29(18-19)25(32)22-17-27-30(20-9-2-1-3-10-20)24(22)28-12-4-5-13-28/h1-5,9-10,12-13,17,19,21H,6-8,11,14-16,18H2,(H,26,31). The SMILES string of the molecule is O=C(NCC1CCCO1)C1CCCN(C(=O)c2cnn(-c3ccccc3)c2-n2cccc2)C1. The Morgan fingerprint density at radius 3 is 2.64 bits per heavy atom. The fraction of sp³-hybridized carbons (Fsp3) is 0.400. The van der Waals surface area contributed by atoms with Crippen LogP contribution < -0.4 is 5.32 Å². The Labute approximate surface area is 193 Å². The number of amides is 2. The Kier molecular flexibility index (Phi) is 6.26. The summed E-state index contributed by atoms with van der Waals surface area (Å²) >= 11 is 0. The second-order valence-electron chi connectivity index (χ2n) is 8.69. The summed E-state index contributed by atoms with van der Waals surface area (Å²) in [7, 11) is 0. The topological polar surface area (TPSA) is 81.4 Å². The number of ether oxygens (including phenoxy) is 1. The lowest BCUT2D eigenvalue weighted by Crippen LogP contribution is -2.46. The molecule has 0 aliphatic carbocycles. The molecule has 0 radical (unpaired) electrons. The van der Waals surface area contributed by atoms with E-state index >= 15 is 0 Å². The number of para-hydroxylation sites is 1. The summed E-state index contributed by atoms with van der Waals surface area (Å²) in [6.07, 6.45) is 9.18. The van der Waals surface area contributed by atoms with Crippen LogP contribution in [0.1, 0.15) is 36.0 Å². The van der Waals surface area contributed by atoms with Crippen LogP contribution in [0.3, 0.4) is 0 Å². The number of benzene rings is 1. The van der Waals surface area contributed by atoms with E-state index in [9.17, 15) is 9.59 Å². The largest absolute Gasteiger partial charge is 0.376 e. The van der Waals surface area contributed by atoms with E-state index in [0.29, 0.717) is 31.0 Å². The molecule has 2 saturated heterocycles. The molecule has 33 heavy (non-hydrogen) atoms. The van der Waals surface area contributed by atoms with Crippen molar-refractivity contribution in [2.24, 2.45) is 5.92 Å². The fourth-order valence-corrected chi connectivity index (χ4v) is 4.69. The smallest absolute Gasteiger partial charge is 0.259 e. The van der Waals surface area contributed by atoms with Gasteiger partial charge in [0.15, 0.2) is 5.82 Å². The first-order chi connectivity index (χ1) is 16.2. The highest BCUT2D eigenvalue weighted by Crippen LogP contribution is 2.24. The summed E-state index contributed by atoms with van der Waals surface area (Å²) in [5.74, 6) is 0.399. The van der Waals surface area contributed by atoms with Gasteiger partial charge in [-0.3, -0.25) is 9.59 Å². The average molecular weight is 448 g/mol. The van der Waals surface area contributed by atoms with Gasteiger partial charge < -0.3 is 19.5 Å². The maximum atomic E-state index is 13.6. The van der Waals surface area contributed by atoms with E-state index in [2.05, 4.69) is 10.4 Å². The first-order valence-electron chi connectivity index (χ1n) is 11.7. The van der Waals surface area contributed by atoms with Gasteiger partial charge in [0.25, 0.3) is 5.91 Å². The fourth-order valence-electron chi connectivity index (χ4n) is 4.69. The highest BCUT2D eigenvalue weighted by atomic mass is 16.5. The first-order valence-corrected chi connectivity index (χ1v) is 11.7. The van der Waals surface area contributed by atoms with Crippen molar-refractivity contribution in [2.75, 3.05) is 26.2 Å².